The van der Waals surface area contributed by atoms with Crippen LogP contribution in [0.3, 0.4) is 0 Å². The molecule has 1 N–H and O–H groups in total. The van der Waals surface area contributed by atoms with Gasteiger partial charge in [-0.2, -0.15) is 0 Å². The molecular formula is C22H19N3O6. The Kier molecular flexibility index (Phi) is 5.48. The molecule has 0 saturated heterocycles. The number of hydrogen-bond acceptors (Lipinski definition) is 6. The average molecular weight is 421 g/mol. The van der Waals surface area contributed by atoms with Gasteiger partial charge in [-0.25, -0.2) is 0 Å². The second-order valence-corrected chi connectivity index (χ2v) is 7.21. The van der Waals surface area contributed by atoms with Gasteiger partial charge >= 0.3 is 0 Å². The summed E-state index contributed by atoms with van der Waals surface area (Å²) < 4.78 is 5.48. The van der Waals surface area contributed by atoms with Crippen LogP contribution in [-0.4, -0.2) is 40.6 Å². The molecule has 0 aliphatic carbocycles. The number of benzene rings is 2. The highest BCUT2D eigenvalue weighted by Crippen LogP contribution is 2.27. The normalized spacial score (nSPS) is 13.0. The molecule has 3 amide bonds. The number of furan rings is 1. The molecule has 9 heteroatoms. The second kappa shape index (κ2) is 8.39. The number of nitrogens with zero attached hydrogens (tertiary/aromatic N) is 2. The SMILES string of the molecule is O=C(CCCN1C(=O)c2ccc([N+](=O)[O-])cc2C1=O)NCCc1coc2ccccc12. The minimum atomic E-state index is -0.614. The Morgan fingerprint density at radius 1 is 1.10 bits per heavy atom. The number of rotatable bonds is 8. The zero-order valence-corrected chi connectivity index (χ0v) is 16.5. The van der Waals surface area contributed by atoms with E-state index < -0.39 is 16.7 Å². The van der Waals surface area contributed by atoms with Gasteiger partial charge in [0, 0.05) is 37.0 Å². The smallest absolute Gasteiger partial charge is 0.270 e. The monoisotopic (exact) mass is 421 g/mol. The zero-order chi connectivity index (χ0) is 22.0. The minimum absolute atomic E-state index is 0.0241. The van der Waals surface area contributed by atoms with Crippen molar-refractivity contribution in [3.63, 3.8) is 0 Å². The quantitative estimate of drug-likeness (QED) is 0.339. The van der Waals surface area contributed by atoms with E-state index in [9.17, 15) is 24.5 Å². The third-order valence-corrected chi connectivity index (χ3v) is 5.23. The molecule has 0 spiro atoms. The molecule has 1 aliphatic rings. The molecule has 0 bridgehead atoms. The predicted octanol–water partition coefficient (Wildman–Crippen LogP) is 3.08. The highest BCUT2D eigenvalue weighted by molar-refractivity contribution is 6.21. The Morgan fingerprint density at radius 3 is 2.68 bits per heavy atom. The first-order valence-electron chi connectivity index (χ1n) is 9.82. The lowest BCUT2D eigenvalue weighted by Gasteiger charge is -2.13. The van der Waals surface area contributed by atoms with Crippen molar-refractivity contribution in [2.45, 2.75) is 19.3 Å². The number of para-hydroxylation sites is 1. The highest BCUT2D eigenvalue weighted by Gasteiger charge is 2.36. The molecule has 1 aromatic heterocycles. The van der Waals surface area contributed by atoms with E-state index in [1.54, 1.807) is 6.26 Å². The van der Waals surface area contributed by atoms with Gasteiger partial charge in [-0.15, -0.1) is 0 Å². The van der Waals surface area contributed by atoms with Gasteiger partial charge in [-0.05, 0) is 30.5 Å². The Morgan fingerprint density at radius 2 is 1.87 bits per heavy atom. The molecule has 2 aromatic carbocycles. The van der Waals surface area contributed by atoms with Gasteiger partial charge in [-0.1, -0.05) is 18.2 Å². The van der Waals surface area contributed by atoms with E-state index >= 15 is 0 Å². The van der Waals surface area contributed by atoms with Crippen LogP contribution in [0.1, 0.15) is 39.1 Å². The number of carbonyl (C=O) groups excluding carboxylic acids is 3. The predicted molar refractivity (Wildman–Crippen MR) is 111 cm³/mol. The van der Waals surface area contributed by atoms with Crippen LogP contribution in [0.5, 0.6) is 0 Å². The molecule has 9 nitrogen and oxygen atoms in total. The minimum Gasteiger partial charge on any atom is -0.464 e. The summed E-state index contributed by atoms with van der Waals surface area (Å²) in [5, 5.41) is 14.7. The van der Waals surface area contributed by atoms with E-state index in [-0.39, 0.29) is 35.7 Å². The topological polar surface area (TPSA) is 123 Å². The number of fused-ring (bicyclic) bond motifs is 2. The number of non-ortho nitro benzene ring substituents is 1. The average Bonchev–Trinajstić information content (AvgIpc) is 3.28. The van der Waals surface area contributed by atoms with Gasteiger partial charge in [0.25, 0.3) is 17.5 Å². The van der Waals surface area contributed by atoms with Gasteiger partial charge in [-0.3, -0.25) is 29.4 Å². The number of nitro benzene ring substituents is 1. The van der Waals surface area contributed by atoms with Gasteiger partial charge < -0.3 is 9.73 Å². The van der Waals surface area contributed by atoms with Crippen molar-refractivity contribution in [3.8, 4) is 0 Å². The first kappa shape index (κ1) is 20.3. The van der Waals surface area contributed by atoms with Gasteiger partial charge in [0.2, 0.25) is 5.91 Å². The summed E-state index contributed by atoms with van der Waals surface area (Å²) in [6, 6.07) is 11.3. The Hall–Kier alpha value is -4.01. The molecule has 0 unspecified atom stereocenters. The third kappa shape index (κ3) is 4.02. The van der Waals surface area contributed by atoms with Crippen molar-refractivity contribution in [1.82, 2.24) is 10.2 Å². The number of nitrogens with one attached hydrogen (secondary N) is 1. The standard InChI is InChI=1S/C22H19N3O6/c26-20(23-10-9-14-13-31-19-5-2-1-4-16(14)19)6-3-11-24-21(27)17-8-7-15(25(29)30)12-18(17)22(24)28/h1-2,4-5,7-8,12-13H,3,6,9-11H2,(H,23,26). The fraction of sp³-hybridized carbons (Fsp3) is 0.227. The lowest BCUT2D eigenvalue weighted by molar-refractivity contribution is -0.384. The van der Waals surface area contributed by atoms with E-state index in [4.69, 9.17) is 4.42 Å². The zero-order valence-electron chi connectivity index (χ0n) is 16.5. The fourth-order valence-corrected chi connectivity index (χ4v) is 3.64. The van der Waals surface area contributed by atoms with Crippen LogP contribution in [0.2, 0.25) is 0 Å². The molecular weight excluding hydrogens is 402 g/mol. The Bertz CT molecular complexity index is 1200. The number of carbonyl (C=O) groups is 3. The number of imide groups is 1. The molecule has 0 atom stereocenters. The molecule has 4 rings (SSSR count). The van der Waals surface area contributed by atoms with Crippen molar-refractivity contribution in [2.75, 3.05) is 13.1 Å². The van der Waals surface area contributed by atoms with E-state index in [2.05, 4.69) is 5.32 Å². The molecule has 0 saturated carbocycles. The maximum absolute atomic E-state index is 12.4. The lowest BCUT2D eigenvalue weighted by Crippen LogP contribution is -2.32. The molecule has 31 heavy (non-hydrogen) atoms. The summed E-state index contributed by atoms with van der Waals surface area (Å²) in [6.45, 7) is 0.513. The molecule has 0 radical (unpaired) electrons. The van der Waals surface area contributed by atoms with Crippen molar-refractivity contribution in [3.05, 3.63) is 75.5 Å². The molecule has 0 fully saturated rings. The molecule has 1 aliphatic heterocycles. The summed E-state index contributed by atoms with van der Waals surface area (Å²) in [4.78, 5) is 48.3. The summed E-state index contributed by atoms with van der Waals surface area (Å²) in [6.07, 6.45) is 2.76. The van der Waals surface area contributed by atoms with E-state index in [0.29, 0.717) is 19.4 Å². The van der Waals surface area contributed by atoms with Crippen molar-refractivity contribution in [1.29, 1.82) is 0 Å². The molecule has 3 aromatic rings. The Balaban J connectivity index is 1.25. The highest BCUT2D eigenvalue weighted by atomic mass is 16.6. The largest absolute Gasteiger partial charge is 0.464 e. The van der Waals surface area contributed by atoms with E-state index in [0.717, 1.165) is 27.5 Å². The van der Waals surface area contributed by atoms with E-state index in [1.807, 2.05) is 24.3 Å². The van der Waals surface area contributed by atoms with Gasteiger partial charge in [0.1, 0.15) is 5.58 Å². The third-order valence-electron chi connectivity index (χ3n) is 5.23. The summed E-state index contributed by atoms with van der Waals surface area (Å²) >= 11 is 0. The number of amides is 3. The molecule has 2 heterocycles. The summed E-state index contributed by atoms with van der Waals surface area (Å²) in [5.41, 5.74) is 1.74. The number of hydrogen-bond donors (Lipinski definition) is 1. The number of nitro groups is 1. The van der Waals surface area contributed by atoms with Crippen LogP contribution in [0.25, 0.3) is 11.0 Å². The van der Waals surface area contributed by atoms with E-state index in [1.165, 1.54) is 12.1 Å². The second-order valence-electron chi connectivity index (χ2n) is 7.21. The van der Waals surface area contributed by atoms with Crippen LogP contribution in [0.4, 0.5) is 5.69 Å². The maximum Gasteiger partial charge on any atom is 0.270 e. The summed E-state index contributed by atoms with van der Waals surface area (Å²) in [7, 11) is 0. The summed E-state index contributed by atoms with van der Waals surface area (Å²) in [5.74, 6) is -1.25. The van der Waals surface area contributed by atoms with Crippen molar-refractivity contribution in [2.24, 2.45) is 0 Å². The van der Waals surface area contributed by atoms with Gasteiger partial charge in [0.15, 0.2) is 0 Å². The van der Waals surface area contributed by atoms with Crippen LogP contribution >= 0.6 is 0 Å². The first-order chi connectivity index (χ1) is 15.0. The van der Waals surface area contributed by atoms with Crippen LogP contribution in [0.15, 0.2) is 53.1 Å². The van der Waals surface area contributed by atoms with Crippen molar-refractivity contribution >= 4 is 34.4 Å². The van der Waals surface area contributed by atoms with Gasteiger partial charge in [0.05, 0.1) is 22.3 Å². The molecule has 158 valence electrons. The maximum atomic E-state index is 12.4. The Labute approximate surface area is 176 Å². The van der Waals surface area contributed by atoms with Crippen LogP contribution < -0.4 is 5.32 Å². The van der Waals surface area contributed by atoms with Crippen LogP contribution in [-0.2, 0) is 11.2 Å². The first-order valence-corrected chi connectivity index (χ1v) is 9.82. The fourth-order valence-electron chi connectivity index (χ4n) is 3.64. The van der Waals surface area contributed by atoms with Crippen molar-refractivity contribution < 1.29 is 23.7 Å². The van der Waals surface area contributed by atoms with Crippen LogP contribution in [0, 0.1) is 10.1 Å². The lowest BCUT2D eigenvalue weighted by atomic mass is 10.1.